The number of hydrogen-bond donors (Lipinski definition) is 2. The van der Waals surface area contributed by atoms with Crippen molar-refractivity contribution in [1.29, 1.82) is 0 Å². The maximum Gasteiger partial charge on any atom is 0.251 e. The zero-order chi connectivity index (χ0) is 22.5. The van der Waals surface area contributed by atoms with Gasteiger partial charge >= 0.3 is 0 Å². The Morgan fingerprint density at radius 1 is 1.10 bits per heavy atom. The molecule has 1 aromatic heterocycles. The Morgan fingerprint density at radius 3 is 2.33 bits per heavy atom. The molecule has 11 heteroatoms. The molecule has 0 fully saturated rings. The van der Waals surface area contributed by atoms with Gasteiger partial charge in [0.1, 0.15) is 6.54 Å². The van der Waals surface area contributed by atoms with Crippen LogP contribution in [-0.4, -0.2) is 42.2 Å². The van der Waals surface area contributed by atoms with E-state index in [-0.39, 0.29) is 35.5 Å². The van der Waals surface area contributed by atoms with Gasteiger partial charge in [-0.25, -0.2) is 8.42 Å². The second-order valence-corrected chi connectivity index (χ2v) is 8.69. The van der Waals surface area contributed by atoms with Crippen molar-refractivity contribution < 1.29 is 18.0 Å². The third-order valence-corrected chi connectivity index (χ3v) is 6.52. The predicted octanol–water partition coefficient (Wildman–Crippen LogP) is 2.13. The molecule has 2 N–H and O–H groups in total. The summed E-state index contributed by atoms with van der Waals surface area (Å²) in [5.74, 6) is -0.828. The van der Waals surface area contributed by atoms with E-state index in [0.29, 0.717) is 11.4 Å². The zero-order valence-corrected chi connectivity index (χ0v) is 18.4. The quantitative estimate of drug-likeness (QED) is 0.633. The minimum Gasteiger partial charge on any atom is -0.325 e. The SMILES string of the molecule is CCN(CC)S(=O)(=O)c1ccc(=O)n(CC(=O)Nc2ccc(NC(C)=O)c(Cl)c2)c1. The molecule has 2 aromatic rings. The van der Waals surface area contributed by atoms with Gasteiger partial charge in [0, 0.05) is 38.0 Å². The van der Waals surface area contributed by atoms with Gasteiger partial charge in [0.2, 0.25) is 21.8 Å². The molecule has 0 saturated heterocycles. The maximum atomic E-state index is 12.6. The van der Waals surface area contributed by atoms with E-state index >= 15 is 0 Å². The first-order valence-corrected chi connectivity index (χ1v) is 11.0. The van der Waals surface area contributed by atoms with E-state index in [9.17, 15) is 22.8 Å². The van der Waals surface area contributed by atoms with Gasteiger partial charge in [-0.1, -0.05) is 25.4 Å². The predicted molar refractivity (Wildman–Crippen MR) is 115 cm³/mol. The highest BCUT2D eigenvalue weighted by Gasteiger charge is 2.22. The molecule has 0 unspecified atom stereocenters. The van der Waals surface area contributed by atoms with Crippen molar-refractivity contribution in [3.05, 3.63) is 51.9 Å². The number of aromatic nitrogens is 1. The molecular weight excluding hydrogens is 432 g/mol. The van der Waals surface area contributed by atoms with Crippen LogP contribution >= 0.6 is 11.6 Å². The van der Waals surface area contributed by atoms with Crippen molar-refractivity contribution in [3.8, 4) is 0 Å². The number of anilines is 2. The Bertz CT molecular complexity index is 1110. The number of amides is 2. The Hall–Kier alpha value is -2.69. The second-order valence-electron chi connectivity index (χ2n) is 6.34. The van der Waals surface area contributed by atoms with Crippen LogP contribution in [0, 0.1) is 0 Å². The number of benzene rings is 1. The molecule has 0 aliphatic rings. The summed E-state index contributed by atoms with van der Waals surface area (Å²) in [6.07, 6.45) is 1.16. The summed E-state index contributed by atoms with van der Waals surface area (Å²) < 4.78 is 27.6. The van der Waals surface area contributed by atoms with Gasteiger partial charge in [-0.3, -0.25) is 14.4 Å². The van der Waals surface area contributed by atoms with E-state index in [2.05, 4.69) is 10.6 Å². The summed E-state index contributed by atoms with van der Waals surface area (Å²) in [6, 6.07) is 6.87. The number of sulfonamides is 1. The summed E-state index contributed by atoms with van der Waals surface area (Å²) in [7, 11) is -3.77. The smallest absolute Gasteiger partial charge is 0.251 e. The number of rotatable bonds is 8. The van der Waals surface area contributed by atoms with Crippen LogP contribution in [0.5, 0.6) is 0 Å². The lowest BCUT2D eigenvalue weighted by molar-refractivity contribution is -0.117. The molecule has 2 rings (SSSR count). The van der Waals surface area contributed by atoms with Crippen LogP contribution in [0.25, 0.3) is 0 Å². The summed E-state index contributed by atoms with van der Waals surface area (Å²) in [5.41, 5.74) is 0.245. The van der Waals surface area contributed by atoms with Crippen molar-refractivity contribution in [2.45, 2.75) is 32.2 Å². The first kappa shape index (κ1) is 23.6. The Balaban J connectivity index is 2.20. The molecule has 0 spiro atoms. The van der Waals surface area contributed by atoms with Gasteiger partial charge in [-0.05, 0) is 24.3 Å². The van der Waals surface area contributed by atoms with E-state index in [0.717, 1.165) is 16.8 Å². The molecule has 0 radical (unpaired) electrons. The Kier molecular flexibility index (Phi) is 7.77. The fourth-order valence-electron chi connectivity index (χ4n) is 2.74. The van der Waals surface area contributed by atoms with Crippen LogP contribution in [-0.2, 0) is 26.2 Å². The van der Waals surface area contributed by atoms with Crippen LogP contribution in [0.3, 0.4) is 0 Å². The first-order valence-electron chi connectivity index (χ1n) is 9.16. The standard InChI is InChI=1S/C19H23ClN4O5S/c1-4-24(5-2)30(28,29)15-7-9-19(27)23(11-15)12-18(26)22-14-6-8-17(16(20)10-14)21-13(3)25/h6-11H,4-5,12H2,1-3H3,(H,21,25)(H,22,26). The van der Waals surface area contributed by atoms with Gasteiger partial charge in [-0.15, -0.1) is 0 Å². The number of nitrogens with one attached hydrogen (secondary N) is 2. The van der Waals surface area contributed by atoms with Crippen molar-refractivity contribution in [1.82, 2.24) is 8.87 Å². The molecule has 0 saturated carbocycles. The molecule has 30 heavy (non-hydrogen) atoms. The number of pyridine rings is 1. The fraction of sp³-hybridized carbons (Fsp3) is 0.316. The summed E-state index contributed by atoms with van der Waals surface area (Å²) in [6.45, 7) is 4.96. The lowest BCUT2D eigenvalue weighted by Crippen LogP contribution is -2.33. The molecule has 162 valence electrons. The molecule has 9 nitrogen and oxygen atoms in total. The Morgan fingerprint density at radius 2 is 1.77 bits per heavy atom. The molecular formula is C19H23ClN4O5S. The highest BCUT2D eigenvalue weighted by Crippen LogP contribution is 2.25. The Labute approximate surface area is 179 Å². The third kappa shape index (κ3) is 5.68. The monoisotopic (exact) mass is 454 g/mol. The van der Waals surface area contributed by atoms with E-state index < -0.39 is 21.5 Å². The highest BCUT2D eigenvalue weighted by atomic mass is 35.5. The van der Waals surface area contributed by atoms with E-state index in [1.54, 1.807) is 19.9 Å². The molecule has 1 aromatic carbocycles. The minimum atomic E-state index is -3.77. The fourth-order valence-corrected chi connectivity index (χ4v) is 4.44. The number of halogens is 1. The third-order valence-electron chi connectivity index (χ3n) is 4.18. The zero-order valence-electron chi connectivity index (χ0n) is 16.8. The lowest BCUT2D eigenvalue weighted by atomic mass is 10.2. The van der Waals surface area contributed by atoms with Crippen molar-refractivity contribution in [3.63, 3.8) is 0 Å². The minimum absolute atomic E-state index is 0.0682. The number of carbonyl (C=O) groups excluding carboxylic acids is 2. The summed E-state index contributed by atoms with van der Waals surface area (Å²) in [4.78, 5) is 35.5. The summed E-state index contributed by atoms with van der Waals surface area (Å²) in [5, 5.41) is 5.37. The molecule has 0 atom stereocenters. The van der Waals surface area contributed by atoms with Gasteiger partial charge in [-0.2, -0.15) is 4.31 Å². The van der Waals surface area contributed by atoms with E-state index in [1.165, 1.54) is 29.4 Å². The number of nitrogens with zero attached hydrogens (tertiary/aromatic N) is 2. The molecule has 0 aliphatic heterocycles. The van der Waals surface area contributed by atoms with Gasteiger partial charge < -0.3 is 15.2 Å². The lowest BCUT2D eigenvalue weighted by Gasteiger charge is -2.19. The second kappa shape index (κ2) is 9.88. The average molecular weight is 455 g/mol. The van der Waals surface area contributed by atoms with Crippen molar-refractivity contribution >= 4 is 44.8 Å². The molecule has 2 amide bonds. The van der Waals surface area contributed by atoms with Crippen LogP contribution in [0.15, 0.2) is 46.2 Å². The van der Waals surface area contributed by atoms with Crippen LogP contribution in [0.4, 0.5) is 11.4 Å². The highest BCUT2D eigenvalue weighted by molar-refractivity contribution is 7.89. The van der Waals surface area contributed by atoms with Gasteiger partial charge in [0.15, 0.2) is 0 Å². The maximum absolute atomic E-state index is 12.6. The molecule has 0 bridgehead atoms. The van der Waals surface area contributed by atoms with E-state index in [4.69, 9.17) is 11.6 Å². The molecule has 0 aliphatic carbocycles. The van der Waals surface area contributed by atoms with E-state index in [1.807, 2.05) is 0 Å². The van der Waals surface area contributed by atoms with Crippen LogP contribution < -0.4 is 16.2 Å². The van der Waals surface area contributed by atoms with Crippen LogP contribution in [0.2, 0.25) is 5.02 Å². The van der Waals surface area contributed by atoms with Gasteiger partial charge in [0.05, 0.1) is 15.6 Å². The van der Waals surface area contributed by atoms with Crippen molar-refractivity contribution in [2.75, 3.05) is 23.7 Å². The van der Waals surface area contributed by atoms with Crippen molar-refractivity contribution in [2.24, 2.45) is 0 Å². The average Bonchev–Trinajstić information content (AvgIpc) is 2.66. The largest absolute Gasteiger partial charge is 0.325 e. The number of hydrogen-bond acceptors (Lipinski definition) is 5. The molecule has 1 heterocycles. The topological polar surface area (TPSA) is 118 Å². The number of carbonyl (C=O) groups is 2. The van der Waals surface area contributed by atoms with Crippen LogP contribution in [0.1, 0.15) is 20.8 Å². The first-order chi connectivity index (χ1) is 14.1. The summed E-state index contributed by atoms with van der Waals surface area (Å²) >= 11 is 6.08. The van der Waals surface area contributed by atoms with Gasteiger partial charge in [0.25, 0.3) is 5.56 Å². The normalized spacial score (nSPS) is 11.4.